The van der Waals surface area contributed by atoms with Crippen LogP contribution in [0.2, 0.25) is 0 Å². The monoisotopic (exact) mass is 400 g/mol. The molecule has 2 aromatic rings. The first-order valence-electron chi connectivity index (χ1n) is 9.37. The summed E-state index contributed by atoms with van der Waals surface area (Å²) >= 11 is 0. The Kier molecular flexibility index (Phi) is 3.77. The summed E-state index contributed by atoms with van der Waals surface area (Å²) in [5.41, 5.74) is 1.35. The minimum absolute atomic E-state index is 0.0209. The van der Waals surface area contributed by atoms with Gasteiger partial charge in [-0.1, -0.05) is 18.7 Å². The van der Waals surface area contributed by atoms with E-state index in [1.165, 1.54) is 11.0 Å². The third kappa shape index (κ3) is 2.43. The average Bonchev–Trinajstić information content (AvgIpc) is 2.70. The van der Waals surface area contributed by atoms with E-state index in [1.807, 2.05) is 4.90 Å². The van der Waals surface area contributed by atoms with Crippen LogP contribution in [0.3, 0.4) is 0 Å². The number of nitrogens with zero attached hydrogens (tertiary/aromatic N) is 4. The number of carbonyl (C=O) groups excluding carboxylic acids is 2. The number of piperazine rings is 1. The fourth-order valence-corrected chi connectivity index (χ4v) is 4.46. The van der Waals surface area contributed by atoms with Crippen LogP contribution in [0.1, 0.15) is 6.92 Å². The molecule has 9 heteroatoms. The van der Waals surface area contributed by atoms with E-state index in [-0.39, 0.29) is 43.0 Å². The van der Waals surface area contributed by atoms with Crippen LogP contribution in [0.4, 0.5) is 20.2 Å². The Morgan fingerprint density at radius 3 is 2.86 bits per heavy atom. The van der Waals surface area contributed by atoms with Gasteiger partial charge in [-0.15, -0.1) is 0 Å². The van der Waals surface area contributed by atoms with E-state index in [1.54, 1.807) is 24.0 Å². The van der Waals surface area contributed by atoms with E-state index in [2.05, 4.69) is 11.6 Å². The van der Waals surface area contributed by atoms with Crippen molar-refractivity contribution in [3.63, 3.8) is 0 Å². The molecule has 1 saturated heterocycles. The Hall–Kier alpha value is -3.23. The van der Waals surface area contributed by atoms with Crippen LogP contribution in [0.25, 0.3) is 10.9 Å². The number of aromatic nitrogens is 1. The van der Waals surface area contributed by atoms with Gasteiger partial charge in [-0.05, 0) is 13.0 Å². The highest BCUT2D eigenvalue weighted by molar-refractivity contribution is 6.14. The number of pyridine rings is 1. The lowest BCUT2D eigenvalue weighted by atomic mass is 9.97. The van der Waals surface area contributed by atoms with Gasteiger partial charge in [-0.2, -0.15) is 0 Å². The molecule has 29 heavy (non-hydrogen) atoms. The molecule has 0 bridgehead atoms. The molecule has 2 amide bonds. The van der Waals surface area contributed by atoms with Gasteiger partial charge < -0.3 is 19.4 Å². The van der Waals surface area contributed by atoms with Gasteiger partial charge in [-0.25, -0.2) is 13.8 Å². The molecule has 7 nitrogen and oxygen atoms in total. The summed E-state index contributed by atoms with van der Waals surface area (Å²) in [5, 5.41) is 0.568. The number of hydrogen-bond acceptors (Lipinski definition) is 5. The molecule has 3 aliphatic rings. The zero-order valence-electron chi connectivity index (χ0n) is 15.7. The van der Waals surface area contributed by atoms with Crippen molar-refractivity contribution in [3.05, 3.63) is 36.4 Å². The van der Waals surface area contributed by atoms with E-state index in [9.17, 15) is 18.4 Å². The Balaban J connectivity index is 1.71. The van der Waals surface area contributed by atoms with Gasteiger partial charge in [0.05, 0.1) is 18.8 Å². The highest BCUT2D eigenvalue weighted by Gasteiger charge is 2.48. The van der Waals surface area contributed by atoms with Crippen molar-refractivity contribution in [1.82, 2.24) is 9.88 Å². The Bertz CT molecular complexity index is 1090. The van der Waals surface area contributed by atoms with Crippen LogP contribution in [-0.2, 0) is 9.59 Å². The maximum absolute atomic E-state index is 14.5. The molecule has 5 rings (SSSR count). The third-order valence-corrected chi connectivity index (χ3v) is 5.78. The summed E-state index contributed by atoms with van der Waals surface area (Å²) in [4.78, 5) is 34.6. The molecule has 2 atom stereocenters. The Morgan fingerprint density at radius 2 is 2.10 bits per heavy atom. The van der Waals surface area contributed by atoms with Crippen molar-refractivity contribution in [3.8, 4) is 5.88 Å². The summed E-state index contributed by atoms with van der Waals surface area (Å²) in [7, 11) is 0. The van der Waals surface area contributed by atoms with Gasteiger partial charge in [0.2, 0.25) is 5.88 Å². The van der Waals surface area contributed by atoms with Crippen LogP contribution >= 0.6 is 0 Å². The van der Waals surface area contributed by atoms with Gasteiger partial charge >= 0.3 is 0 Å². The van der Waals surface area contributed by atoms with Crippen molar-refractivity contribution in [2.45, 2.75) is 19.0 Å². The van der Waals surface area contributed by atoms with Crippen molar-refractivity contribution >= 4 is 34.1 Å². The molecule has 1 fully saturated rings. The van der Waals surface area contributed by atoms with Gasteiger partial charge in [0.1, 0.15) is 29.7 Å². The number of para-hydroxylation sites is 1. The molecule has 0 saturated carbocycles. The van der Waals surface area contributed by atoms with Gasteiger partial charge in [-0.3, -0.25) is 9.59 Å². The minimum atomic E-state index is -1.06. The predicted octanol–water partition coefficient (Wildman–Crippen LogP) is 2.00. The first-order valence-corrected chi connectivity index (χ1v) is 9.37. The number of ether oxygens (including phenoxy) is 1. The maximum Gasteiger partial charge on any atom is 0.282 e. The van der Waals surface area contributed by atoms with Crippen LogP contribution in [0, 0.1) is 5.82 Å². The lowest BCUT2D eigenvalue weighted by Crippen LogP contribution is -2.66. The average molecular weight is 400 g/mol. The Morgan fingerprint density at radius 1 is 1.31 bits per heavy atom. The second-order valence-corrected chi connectivity index (χ2v) is 7.47. The zero-order chi connectivity index (χ0) is 20.4. The maximum atomic E-state index is 14.5. The fraction of sp³-hybridized carbons (Fsp3) is 0.350. The largest absolute Gasteiger partial charge is 0.474 e. The second kappa shape index (κ2) is 6.13. The molecule has 1 aromatic heterocycles. The molecule has 0 spiro atoms. The third-order valence-electron chi connectivity index (χ3n) is 5.78. The van der Waals surface area contributed by atoms with Crippen molar-refractivity contribution in [1.29, 1.82) is 0 Å². The smallest absolute Gasteiger partial charge is 0.282 e. The first kappa shape index (κ1) is 17.8. The van der Waals surface area contributed by atoms with E-state index < -0.39 is 23.6 Å². The summed E-state index contributed by atoms with van der Waals surface area (Å²) in [5.74, 6) is -2.34. The molecule has 0 radical (unpaired) electrons. The van der Waals surface area contributed by atoms with Crippen LogP contribution in [-0.4, -0.2) is 60.0 Å². The number of halogens is 2. The number of benzene rings is 1. The predicted molar refractivity (Wildman–Crippen MR) is 102 cm³/mol. The van der Waals surface area contributed by atoms with Gasteiger partial charge in [0.15, 0.2) is 5.83 Å². The van der Waals surface area contributed by atoms with Crippen molar-refractivity contribution < 1.29 is 23.1 Å². The second-order valence-electron chi connectivity index (χ2n) is 7.47. The van der Waals surface area contributed by atoms with Crippen molar-refractivity contribution in [2.24, 2.45) is 0 Å². The van der Waals surface area contributed by atoms with E-state index in [0.29, 0.717) is 23.3 Å². The lowest BCUT2D eigenvalue weighted by molar-refractivity contribution is -0.133. The summed E-state index contributed by atoms with van der Waals surface area (Å²) in [6.07, 6.45) is 0. The highest BCUT2D eigenvalue weighted by Crippen LogP contribution is 2.49. The number of hydrogen-bond donors (Lipinski definition) is 0. The van der Waals surface area contributed by atoms with E-state index in [0.717, 1.165) is 0 Å². The molecule has 1 aromatic carbocycles. The number of anilines is 2. The molecule has 150 valence electrons. The normalized spacial score (nSPS) is 22.9. The number of rotatable bonds is 1. The van der Waals surface area contributed by atoms with Crippen LogP contribution < -0.4 is 14.5 Å². The van der Waals surface area contributed by atoms with Crippen LogP contribution in [0.5, 0.6) is 5.88 Å². The Labute approximate surface area is 165 Å². The topological polar surface area (TPSA) is 66.0 Å². The van der Waals surface area contributed by atoms with Gasteiger partial charge in [0, 0.05) is 18.0 Å². The van der Waals surface area contributed by atoms with Gasteiger partial charge in [0.25, 0.3) is 11.8 Å². The standard InChI is InChI=1S/C20H18F2N4O3/c1-10-8-26-14(9-25(10)19(27)11(2)21)20(28)24-6-7-29-18-17(24)16(26)12-4-3-5-13(22)15(12)23-18/h3-5,10,14H,2,6-9H2,1H3. The molecule has 3 aliphatic heterocycles. The lowest BCUT2D eigenvalue weighted by Gasteiger charge is -2.51. The zero-order valence-corrected chi connectivity index (χ0v) is 15.7. The van der Waals surface area contributed by atoms with Crippen LogP contribution in [0.15, 0.2) is 30.6 Å². The fourth-order valence-electron chi connectivity index (χ4n) is 4.46. The minimum Gasteiger partial charge on any atom is -0.474 e. The molecular formula is C20H18F2N4O3. The first-order chi connectivity index (χ1) is 13.9. The number of fused-ring (bicyclic) bond motifs is 4. The number of carbonyl (C=O) groups is 2. The molecular weight excluding hydrogens is 382 g/mol. The quantitative estimate of drug-likeness (QED) is 0.685. The summed E-state index contributed by atoms with van der Waals surface area (Å²) in [6, 6.07) is 3.60. The molecule has 0 N–H and O–H groups in total. The highest BCUT2D eigenvalue weighted by atomic mass is 19.1. The van der Waals surface area contributed by atoms with E-state index >= 15 is 0 Å². The van der Waals surface area contributed by atoms with E-state index in [4.69, 9.17) is 4.74 Å². The number of amides is 2. The summed E-state index contributed by atoms with van der Waals surface area (Å²) < 4.78 is 33.7. The molecule has 0 aliphatic carbocycles. The SMILES string of the molecule is C=C(F)C(=O)N1CC2C(=O)N3CCOc4nc5c(F)cccc5c(c43)N2CC1C. The van der Waals surface area contributed by atoms with Crippen molar-refractivity contribution in [2.75, 3.05) is 36.0 Å². The molecule has 4 heterocycles. The molecule has 2 unspecified atom stereocenters. The summed E-state index contributed by atoms with van der Waals surface area (Å²) in [6.45, 7) is 5.73.